The van der Waals surface area contributed by atoms with E-state index in [1.54, 1.807) is 72.5 Å². The standard InChI is InChI=1S/C23H25FN4O3S/c1-27-16-13-25-22(27)21(19-9-5-6-10-20(19)24)26-23(29)17-11-14-28(15-12-17)32(30,31)18-7-3-2-4-8-18/h2-10,13,16-17,21H,11-12,14-15H2,1H3,(H,26,29). The number of benzene rings is 2. The topological polar surface area (TPSA) is 84.3 Å². The van der Waals surface area contributed by atoms with Crippen LogP contribution < -0.4 is 5.32 Å². The van der Waals surface area contributed by atoms with Gasteiger partial charge in [-0.05, 0) is 31.0 Å². The summed E-state index contributed by atoms with van der Waals surface area (Å²) in [5.41, 5.74) is 0.333. The average molecular weight is 457 g/mol. The summed E-state index contributed by atoms with van der Waals surface area (Å²) in [6.45, 7) is 0.504. The maximum absolute atomic E-state index is 14.5. The molecule has 4 rings (SSSR count). The fourth-order valence-electron chi connectivity index (χ4n) is 4.01. The number of sulfonamides is 1. The van der Waals surface area contributed by atoms with Gasteiger partial charge in [0.1, 0.15) is 17.7 Å². The first-order chi connectivity index (χ1) is 15.4. The lowest BCUT2D eigenvalue weighted by Gasteiger charge is -2.31. The first-order valence-corrected chi connectivity index (χ1v) is 11.9. The van der Waals surface area contributed by atoms with E-state index in [-0.39, 0.29) is 29.8 Å². The molecule has 32 heavy (non-hydrogen) atoms. The van der Waals surface area contributed by atoms with Crippen molar-refractivity contribution in [1.29, 1.82) is 0 Å². The molecule has 1 aliphatic heterocycles. The van der Waals surface area contributed by atoms with Crippen LogP contribution in [0.1, 0.15) is 30.3 Å². The Morgan fingerprint density at radius 3 is 2.38 bits per heavy atom. The summed E-state index contributed by atoms with van der Waals surface area (Å²) in [4.78, 5) is 17.6. The molecule has 0 spiro atoms. The van der Waals surface area contributed by atoms with Crippen molar-refractivity contribution in [2.24, 2.45) is 13.0 Å². The van der Waals surface area contributed by atoms with Crippen molar-refractivity contribution < 1.29 is 17.6 Å². The molecule has 1 aliphatic rings. The third-order valence-corrected chi connectivity index (χ3v) is 7.74. The Labute approximate surface area is 186 Å². The number of carbonyl (C=O) groups is 1. The Morgan fingerprint density at radius 2 is 1.75 bits per heavy atom. The molecule has 0 aliphatic carbocycles. The summed E-state index contributed by atoms with van der Waals surface area (Å²) in [7, 11) is -1.80. The lowest BCUT2D eigenvalue weighted by molar-refractivity contribution is -0.126. The zero-order chi connectivity index (χ0) is 22.7. The predicted molar refractivity (Wildman–Crippen MR) is 118 cm³/mol. The van der Waals surface area contributed by atoms with E-state index in [4.69, 9.17) is 0 Å². The van der Waals surface area contributed by atoms with Crippen molar-refractivity contribution in [2.45, 2.75) is 23.8 Å². The highest BCUT2D eigenvalue weighted by Crippen LogP contribution is 2.27. The van der Waals surface area contributed by atoms with Crippen LogP contribution >= 0.6 is 0 Å². The molecule has 0 bridgehead atoms. The van der Waals surface area contributed by atoms with Gasteiger partial charge in [-0.3, -0.25) is 4.79 Å². The van der Waals surface area contributed by atoms with Crippen molar-refractivity contribution in [3.05, 3.63) is 84.2 Å². The Morgan fingerprint density at radius 1 is 1.09 bits per heavy atom. The lowest BCUT2D eigenvalue weighted by Crippen LogP contribution is -2.44. The number of aryl methyl sites for hydroxylation is 1. The van der Waals surface area contributed by atoms with E-state index in [2.05, 4.69) is 10.3 Å². The van der Waals surface area contributed by atoms with Gasteiger partial charge in [0.2, 0.25) is 15.9 Å². The van der Waals surface area contributed by atoms with Gasteiger partial charge in [0.05, 0.1) is 4.90 Å². The van der Waals surface area contributed by atoms with Crippen LogP contribution in [-0.4, -0.2) is 41.3 Å². The van der Waals surface area contributed by atoms with E-state index in [9.17, 15) is 17.6 Å². The van der Waals surface area contributed by atoms with E-state index in [0.717, 1.165) is 0 Å². The Kier molecular flexibility index (Phi) is 6.38. The zero-order valence-electron chi connectivity index (χ0n) is 17.7. The average Bonchev–Trinajstić information content (AvgIpc) is 3.24. The second kappa shape index (κ2) is 9.22. The Balaban J connectivity index is 1.48. The van der Waals surface area contributed by atoms with Gasteiger partial charge >= 0.3 is 0 Å². The van der Waals surface area contributed by atoms with E-state index in [1.165, 1.54) is 10.4 Å². The second-order valence-electron chi connectivity index (χ2n) is 7.85. The van der Waals surface area contributed by atoms with Gasteiger partial charge in [-0.25, -0.2) is 17.8 Å². The number of piperidine rings is 1. The minimum atomic E-state index is -3.59. The van der Waals surface area contributed by atoms with Crippen molar-refractivity contribution in [3.63, 3.8) is 0 Å². The Hall–Kier alpha value is -3.04. The van der Waals surface area contributed by atoms with E-state index in [1.807, 2.05) is 0 Å². The fraction of sp³-hybridized carbons (Fsp3) is 0.304. The van der Waals surface area contributed by atoms with Crippen LogP contribution in [0, 0.1) is 11.7 Å². The molecule has 0 radical (unpaired) electrons. The van der Waals surface area contributed by atoms with Crippen LogP contribution in [-0.2, 0) is 21.9 Å². The number of halogens is 1. The van der Waals surface area contributed by atoms with Gasteiger partial charge in [0.25, 0.3) is 0 Å². The van der Waals surface area contributed by atoms with Gasteiger partial charge in [-0.2, -0.15) is 4.31 Å². The van der Waals surface area contributed by atoms with Crippen LogP contribution in [0.25, 0.3) is 0 Å². The summed E-state index contributed by atoms with van der Waals surface area (Å²) in [6.07, 6.45) is 4.12. The fourth-order valence-corrected chi connectivity index (χ4v) is 5.50. The van der Waals surface area contributed by atoms with Gasteiger partial charge in [0.15, 0.2) is 0 Å². The normalized spacial score (nSPS) is 16.6. The molecule has 168 valence electrons. The van der Waals surface area contributed by atoms with Crippen molar-refractivity contribution in [1.82, 2.24) is 19.2 Å². The van der Waals surface area contributed by atoms with Crippen LogP contribution in [0.5, 0.6) is 0 Å². The molecule has 3 aromatic rings. The number of nitrogens with one attached hydrogen (secondary N) is 1. The highest BCUT2D eigenvalue weighted by molar-refractivity contribution is 7.89. The number of hydrogen-bond acceptors (Lipinski definition) is 4. The molecule has 7 nitrogen and oxygen atoms in total. The molecule has 2 heterocycles. The minimum Gasteiger partial charge on any atom is -0.342 e. The highest BCUT2D eigenvalue weighted by atomic mass is 32.2. The summed E-state index contributed by atoms with van der Waals surface area (Å²) in [5, 5.41) is 2.94. The van der Waals surface area contributed by atoms with Crippen molar-refractivity contribution >= 4 is 15.9 Å². The zero-order valence-corrected chi connectivity index (χ0v) is 18.5. The number of hydrogen-bond donors (Lipinski definition) is 1. The molecule has 1 saturated heterocycles. The molecular weight excluding hydrogens is 431 g/mol. The number of carbonyl (C=O) groups excluding carboxylic acids is 1. The first kappa shape index (κ1) is 22.2. The predicted octanol–water partition coefficient (Wildman–Crippen LogP) is 2.87. The minimum absolute atomic E-state index is 0.238. The summed E-state index contributed by atoms with van der Waals surface area (Å²) in [5.74, 6) is -0.512. The molecule has 1 atom stereocenters. The van der Waals surface area contributed by atoms with Crippen molar-refractivity contribution in [3.8, 4) is 0 Å². The van der Waals surface area contributed by atoms with Gasteiger partial charge in [-0.1, -0.05) is 36.4 Å². The molecule has 1 aromatic heterocycles. The molecule has 9 heteroatoms. The SMILES string of the molecule is Cn1ccnc1C(NC(=O)C1CCN(S(=O)(=O)c2ccccc2)CC1)c1ccccc1F. The largest absolute Gasteiger partial charge is 0.342 e. The number of rotatable bonds is 6. The van der Waals surface area contributed by atoms with Crippen LogP contribution in [0.2, 0.25) is 0 Å². The first-order valence-electron chi connectivity index (χ1n) is 10.4. The molecule has 1 N–H and O–H groups in total. The Bertz CT molecular complexity index is 1190. The smallest absolute Gasteiger partial charge is 0.243 e. The number of aromatic nitrogens is 2. The summed E-state index contributed by atoms with van der Waals surface area (Å²) < 4.78 is 43.4. The van der Waals surface area contributed by atoms with Gasteiger partial charge in [-0.15, -0.1) is 0 Å². The van der Waals surface area contributed by atoms with Gasteiger partial charge in [0, 0.05) is 44.0 Å². The molecular formula is C23H25FN4O3S. The van der Waals surface area contributed by atoms with Crippen molar-refractivity contribution in [2.75, 3.05) is 13.1 Å². The van der Waals surface area contributed by atoms with Crippen LogP contribution in [0.3, 0.4) is 0 Å². The van der Waals surface area contributed by atoms with E-state index >= 15 is 0 Å². The summed E-state index contributed by atoms with van der Waals surface area (Å²) >= 11 is 0. The highest BCUT2D eigenvalue weighted by Gasteiger charge is 2.33. The van der Waals surface area contributed by atoms with Crippen LogP contribution in [0.4, 0.5) is 4.39 Å². The quantitative estimate of drug-likeness (QED) is 0.618. The number of imidazole rings is 1. The molecule has 1 unspecified atom stereocenters. The second-order valence-corrected chi connectivity index (χ2v) is 9.79. The third-order valence-electron chi connectivity index (χ3n) is 5.83. The van der Waals surface area contributed by atoms with Gasteiger partial charge < -0.3 is 9.88 Å². The maximum atomic E-state index is 14.5. The molecule has 2 aromatic carbocycles. The molecule has 1 fully saturated rings. The monoisotopic (exact) mass is 456 g/mol. The molecule has 0 saturated carbocycles. The lowest BCUT2D eigenvalue weighted by atomic mass is 9.96. The maximum Gasteiger partial charge on any atom is 0.243 e. The third kappa shape index (κ3) is 4.44. The number of amides is 1. The van der Waals surface area contributed by atoms with E-state index in [0.29, 0.717) is 24.2 Å². The molecule has 1 amide bonds. The summed E-state index contributed by atoms with van der Waals surface area (Å²) in [6, 6.07) is 13.8. The number of nitrogens with zero attached hydrogens (tertiary/aromatic N) is 3. The van der Waals surface area contributed by atoms with E-state index < -0.39 is 21.9 Å². The van der Waals surface area contributed by atoms with Crippen LogP contribution in [0.15, 0.2) is 71.9 Å².